The van der Waals surface area contributed by atoms with Crippen LogP contribution in [0.3, 0.4) is 0 Å². The number of nitrogens with zero attached hydrogens (tertiary/aromatic N) is 1. The molecule has 2 aromatic carbocycles. The van der Waals surface area contributed by atoms with E-state index in [2.05, 4.69) is 65.3 Å². The Hall–Kier alpha value is -1.69. The van der Waals surface area contributed by atoms with Crippen LogP contribution >= 0.6 is 0 Å². The number of quaternary nitrogens is 1. The molecule has 30 heavy (non-hydrogen) atoms. The van der Waals surface area contributed by atoms with Gasteiger partial charge in [-0.15, -0.1) is 0 Å². The maximum Gasteiger partial charge on any atom is 0.295 e. The van der Waals surface area contributed by atoms with Crippen LogP contribution in [0.25, 0.3) is 0 Å². The smallest absolute Gasteiger partial charge is 0.295 e. The summed E-state index contributed by atoms with van der Waals surface area (Å²) in [4.78, 5) is 0.0990. The van der Waals surface area contributed by atoms with Crippen molar-refractivity contribution in [3.63, 3.8) is 0 Å². The first kappa shape index (κ1) is 26.3. The van der Waals surface area contributed by atoms with Crippen molar-refractivity contribution in [1.82, 2.24) is 0 Å². The van der Waals surface area contributed by atoms with Gasteiger partial charge in [0.05, 0.1) is 21.1 Å². The highest BCUT2D eigenvalue weighted by Crippen LogP contribution is 2.34. The summed E-state index contributed by atoms with van der Waals surface area (Å²) in [7, 11) is 2.41. The topological polar surface area (TPSA) is 54.4 Å². The normalized spacial score (nSPS) is 12.3. The molecule has 0 fully saturated rings. The van der Waals surface area contributed by atoms with Gasteiger partial charge in [0.25, 0.3) is 10.1 Å². The van der Waals surface area contributed by atoms with E-state index in [0.717, 1.165) is 16.6 Å². The maximum absolute atomic E-state index is 11.7. The maximum atomic E-state index is 11.7. The van der Waals surface area contributed by atoms with Crippen LogP contribution in [-0.2, 0) is 16.7 Å². The highest BCUT2D eigenvalue weighted by atomic mass is 32.2. The van der Waals surface area contributed by atoms with Gasteiger partial charge in [-0.2, -0.15) is 8.42 Å². The molecule has 0 bridgehead atoms. The first-order chi connectivity index (χ1) is 13.6. The molecule has 0 unspecified atom stereocenters. The summed E-state index contributed by atoms with van der Waals surface area (Å²) in [5.74, 6) is 0.423. The highest BCUT2D eigenvalue weighted by molar-refractivity contribution is 7.86. The van der Waals surface area contributed by atoms with Gasteiger partial charge in [-0.3, -0.25) is 4.55 Å². The van der Waals surface area contributed by atoms with E-state index in [1.54, 1.807) is 0 Å². The van der Waals surface area contributed by atoms with Crippen LogP contribution in [0.5, 0.6) is 0 Å². The molecule has 0 saturated carbocycles. The predicted octanol–water partition coefficient (Wildman–Crippen LogP) is 6.20. The van der Waals surface area contributed by atoms with E-state index < -0.39 is 10.1 Å². The molecule has 2 aromatic rings. The van der Waals surface area contributed by atoms with Gasteiger partial charge in [0.1, 0.15) is 11.4 Å². The lowest BCUT2D eigenvalue weighted by molar-refractivity contribution is -0.884. The van der Waals surface area contributed by atoms with Gasteiger partial charge in [-0.1, -0.05) is 84.0 Å². The van der Waals surface area contributed by atoms with Gasteiger partial charge in [0, 0.05) is 5.56 Å². The molecule has 0 heterocycles. The van der Waals surface area contributed by atoms with Crippen molar-refractivity contribution < 1.29 is 17.5 Å². The molecular formula is C25H40NO3S+. The Balaban J connectivity index is 0.000000346. The third-order valence-corrected chi connectivity index (χ3v) is 5.82. The number of hydrogen-bond acceptors (Lipinski definition) is 2. The van der Waals surface area contributed by atoms with Crippen LogP contribution in [-0.4, -0.2) is 38.6 Å². The van der Waals surface area contributed by atoms with Gasteiger partial charge in [0.2, 0.25) is 0 Å². The molecule has 0 aromatic heterocycles. The summed E-state index contributed by atoms with van der Waals surface area (Å²) in [6.45, 7) is 13.0. The molecule has 0 radical (unpaired) electrons. The minimum absolute atomic E-state index is 0.0492. The molecular weight excluding hydrogens is 394 g/mol. The second-order valence-electron chi connectivity index (χ2n) is 9.90. The van der Waals surface area contributed by atoms with Crippen molar-refractivity contribution in [1.29, 1.82) is 0 Å². The van der Waals surface area contributed by atoms with Crippen molar-refractivity contribution in [2.45, 2.75) is 70.7 Å². The van der Waals surface area contributed by atoms with Crippen molar-refractivity contribution in [2.24, 2.45) is 0 Å². The van der Waals surface area contributed by atoms with E-state index in [1.165, 1.54) is 5.56 Å². The molecule has 0 saturated heterocycles. The highest BCUT2D eigenvalue weighted by Gasteiger charge is 2.25. The fourth-order valence-electron chi connectivity index (χ4n) is 3.32. The molecule has 168 valence electrons. The first-order valence-electron chi connectivity index (χ1n) is 10.6. The Morgan fingerprint density at radius 3 is 1.53 bits per heavy atom. The monoisotopic (exact) mass is 434 g/mol. The Labute approximate surface area is 184 Å². The van der Waals surface area contributed by atoms with E-state index in [4.69, 9.17) is 0 Å². The Kier molecular flexibility index (Phi) is 9.27. The van der Waals surface area contributed by atoms with Crippen molar-refractivity contribution in [3.05, 3.63) is 64.7 Å². The summed E-state index contributed by atoms with van der Waals surface area (Å²) in [5.41, 5.74) is 3.93. The molecule has 0 atom stereocenters. The van der Waals surface area contributed by atoms with Crippen molar-refractivity contribution >= 4 is 10.1 Å². The summed E-state index contributed by atoms with van der Waals surface area (Å²) < 4.78 is 34.0. The second kappa shape index (κ2) is 10.6. The summed E-state index contributed by atoms with van der Waals surface area (Å²) in [6.07, 6.45) is 0. The molecule has 4 nitrogen and oxygen atoms in total. The van der Waals surface area contributed by atoms with Gasteiger partial charge < -0.3 is 4.48 Å². The van der Waals surface area contributed by atoms with Gasteiger partial charge in [0.15, 0.2) is 0 Å². The molecule has 1 N–H and O–H groups in total. The Morgan fingerprint density at radius 1 is 0.800 bits per heavy atom. The van der Waals surface area contributed by atoms with E-state index >= 15 is 0 Å². The van der Waals surface area contributed by atoms with E-state index in [9.17, 15) is 13.0 Å². The summed E-state index contributed by atoms with van der Waals surface area (Å²) >= 11 is 0. The first-order valence-corrected chi connectivity index (χ1v) is 12.1. The molecule has 0 aliphatic rings. The van der Waals surface area contributed by atoms with Gasteiger partial charge in [-0.05, 0) is 34.4 Å². The van der Waals surface area contributed by atoms with Gasteiger partial charge in [-0.25, -0.2) is 0 Å². The lowest BCUT2D eigenvalue weighted by Gasteiger charge is -2.23. The van der Waals surface area contributed by atoms with Crippen LogP contribution in [0, 0.1) is 0 Å². The lowest BCUT2D eigenvalue weighted by atomic mass is 9.89. The SMILES string of the molecule is CC(C)c1cc(C(C)C)c(S(=O)(=O)O)c(C(C)C)c1.C[N+](C)(C)Cc1ccccc1. The average molecular weight is 435 g/mol. The zero-order valence-corrected chi connectivity index (χ0v) is 20.9. The quantitative estimate of drug-likeness (QED) is 0.435. The molecule has 5 heteroatoms. The van der Waals surface area contributed by atoms with Crippen LogP contribution < -0.4 is 0 Å². The Bertz CT molecular complexity index is 880. The minimum Gasteiger partial charge on any atom is -0.327 e. The molecule has 0 amide bonds. The molecule has 0 spiro atoms. The predicted molar refractivity (Wildman–Crippen MR) is 127 cm³/mol. The van der Waals surface area contributed by atoms with E-state index in [0.29, 0.717) is 17.0 Å². The third-order valence-electron chi connectivity index (χ3n) is 4.84. The van der Waals surface area contributed by atoms with Crippen LogP contribution in [0.2, 0.25) is 0 Å². The van der Waals surface area contributed by atoms with E-state index in [1.807, 2.05) is 39.8 Å². The third kappa shape index (κ3) is 8.21. The van der Waals surface area contributed by atoms with Crippen LogP contribution in [0.1, 0.15) is 81.5 Å². The number of benzene rings is 2. The largest absolute Gasteiger partial charge is 0.327 e. The zero-order chi connectivity index (χ0) is 23.3. The fraction of sp³-hybridized carbons (Fsp3) is 0.520. The second-order valence-corrected chi connectivity index (χ2v) is 11.3. The van der Waals surface area contributed by atoms with Crippen LogP contribution in [0.15, 0.2) is 47.4 Å². The van der Waals surface area contributed by atoms with Gasteiger partial charge >= 0.3 is 0 Å². The Morgan fingerprint density at radius 2 is 1.23 bits per heavy atom. The number of hydrogen-bond donors (Lipinski definition) is 1. The van der Waals surface area contributed by atoms with Crippen molar-refractivity contribution in [2.75, 3.05) is 21.1 Å². The van der Waals surface area contributed by atoms with Crippen molar-refractivity contribution in [3.8, 4) is 0 Å². The summed E-state index contributed by atoms with van der Waals surface area (Å²) in [6, 6.07) is 14.4. The molecule has 0 aliphatic heterocycles. The average Bonchev–Trinajstić information content (AvgIpc) is 2.59. The zero-order valence-electron chi connectivity index (χ0n) is 20.1. The van der Waals surface area contributed by atoms with E-state index in [-0.39, 0.29) is 16.7 Å². The minimum atomic E-state index is -4.20. The molecule has 0 aliphatic carbocycles. The van der Waals surface area contributed by atoms with Crippen LogP contribution in [0.4, 0.5) is 0 Å². The molecule has 2 rings (SSSR count). The lowest BCUT2D eigenvalue weighted by Crippen LogP contribution is -2.33. The number of rotatable bonds is 6. The standard InChI is InChI=1S/C15H24O3S.C10H16N/c1-9(2)12-7-13(10(3)4)15(19(16,17)18)14(8-12)11(5)6;1-11(2,3)9-10-7-5-4-6-8-10/h7-11H,1-6H3,(H,16,17,18);4-8H,9H2,1-3H3/q;+1. The summed E-state index contributed by atoms with van der Waals surface area (Å²) in [5, 5.41) is 0. The fourth-order valence-corrected chi connectivity index (χ4v) is 4.50.